The minimum atomic E-state index is -0.646. The van der Waals surface area contributed by atoms with Crippen LogP contribution in [-0.2, 0) is 11.3 Å². The number of anilines is 1. The number of benzene rings is 2. The standard InChI is InChI=1S/C20H20Cl2N2O4/c1-13-3-2-8-23(11-13)18-7-5-14(9-19(18)24(26)27)20(25)28-12-15-4-6-16(21)10-17(15)22/h4-7,9-10,13H,2-3,8,11-12H2,1H3. The molecular weight excluding hydrogens is 403 g/mol. The van der Waals surface area contributed by atoms with E-state index in [-0.39, 0.29) is 17.9 Å². The molecule has 148 valence electrons. The number of carbonyl (C=O) groups is 1. The molecule has 1 fully saturated rings. The van der Waals surface area contributed by atoms with Crippen LogP contribution in [0.1, 0.15) is 35.7 Å². The number of esters is 1. The van der Waals surface area contributed by atoms with Crippen LogP contribution in [0.5, 0.6) is 0 Å². The van der Waals surface area contributed by atoms with Gasteiger partial charge in [0.25, 0.3) is 5.69 Å². The van der Waals surface area contributed by atoms with Crippen molar-refractivity contribution in [2.24, 2.45) is 5.92 Å². The number of piperidine rings is 1. The monoisotopic (exact) mass is 422 g/mol. The third-order valence-corrected chi connectivity index (χ3v) is 5.37. The number of nitrogens with zero attached hydrogens (tertiary/aromatic N) is 2. The Balaban J connectivity index is 1.77. The summed E-state index contributed by atoms with van der Waals surface area (Å²) in [5, 5.41) is 12.4. The number of halogens is 2. The van der Waals surface area contributed by atoms with Crippen LogP contribution < -0.4 is 4.90 Å². The van der Waals surface area contributed by atoms with E-state index < -0.39 is 10.9 Å². The van der Waals surface area contributed by atoms with Gasteiger partial charge in [-0.05, 0) is 43.0 Å². The molecule has 3 rings (SSSR count). The first-order valence-electron chi connectivity index (χ1n) is 8.99. The van der Waals surface area contributed by atoms with Crippen LogP contribution in [0.2, 0.25) is 10.0 Å². The summed E-state index contributed by atoms with van der Waals surface area (Å²) in [5.41, 5.74) is 1.18. The number of rotatable bonds is 5. The minimum absolute atomic E-state index is 0.0476. The lowest BCUT2D eigenvalue weighted by Gasteiger charge is -2.32. The van der Waals surface area contributed by atoms with Crippen molar-refractivity contribution in [3.05, 3.63) is 67.7 Å². The number of hydrogen-bond donors (Lipinski definition) is 0. The van der Waals surface area contributed by atoms with Crippen LogP contribution in [0.15, 0.2) is 36.4 Å². The van der Waals surface area contributed by atoms with E-state index in [1.807, 2.05) is 4.90 Å². The van der Waals surface area contributed by atoms with Crippen LogP contribution in [0.25, 0.3) is 0 Å². The van der Waals surface area contributed by atoms with Crippen LogP contribution in [0.3, 0.4) is 0 Å². The lowest BCUT2D eigenvalue weighted by atomic mass is 9.99. The molecule has 0 bridgehead atoms. The van der Waals surface area contributed by atoms with E-state index in [2.05, 4.69) is 6.92 Å². The highest BCUT2D eigenvalue weighted by Gasteiger charge is 2.25. The molecule has 0 saturated carbocycles. The van der Waals surface area contributed by atoms with E-state index in [4.69, 9.17) is 27.9 Å². The van der Waals surface area contributed by atoms with Crippen molar-refractivity contribution in [2.45, 2.75) is 26.4 Å². The first-order chi connectivity index (χ1) is 13.3. The number of nitro benzene ring substituents is 1. The molecular formula is C20H20Cl2N2O4. The van der Waals surface area contributed by atoms with Gasteiger partial charge in [-0.2, -0.15) is 0 Å². The summed E-state index contributed by atoms with van der Waals surface area (Å²) in [6.07, 6.45) is 2.10. The zero-order valence-electron chi connectivity index (χ0n) is 15.4. The Hall–Kier alpha value is -2.31. The molecule has 0 spiro atoms. The van der Waals surface area contributed by atoms with E-state index in [1.165, 1.54) is 6.07 Å². The van der Waals surface area contributed by atoms with E-state index >= 15 is 0 Å². The second kappa shape index (κ2) is 8.80. The lowest BCUT2D eigenvalue weighted by Crippen LogP contribution is -2.34. The smallest absolute Gasteiger partial charge is 0.338 e. The highest BCUT2D eigenvalue weighted by molar-refractivity contribution is 6.35. The van der Waals surface area contributed by atoms with Crippen molar-refractivity contribution in [2.75, 3.05) is 18.0 Å². The first-order valence-corrected chi connectivity index (χ1v) is 9.75. The topological polar surface area (TPSA) is 72.7 Å². The third-order valence-electron chi connectivity index (χ3n) is 4.78. The number of hydrogen-bond acceptors (Lipinski definition) is 5. The quantitative estimate of drug-likeness (QED) is 0.361. The van der Waals surface area contributed by atoms with E-state index in [1.54, 1.807) is 30.3 Å². The highest BCUT2D eigenvalue weighted by atomic mass is 35.5. The van der Waals surface area contributed by atoms with Crippen molar-refractivity contribution in [1.29, 1.82) is 0 Å². The summed E-state index contributed by atoms with van der Waals surface area (Å²) in [6, 6.07) is 9.35. The predicted octanol–water partition coefficient (Wildman–Crippen LogP) is 5.49. The molecule has 6 nitrogen and oxygen atoms in total. The van der Waals surface area contributed by atoms with Gasteiger partial charge >= 0.3 is 5.97 Å². The Morgan fingerprint density at radius 2 is 2.07 bits per heavy atom. The average molecular weight is 423 g/mol. The van der Waals surface area contributed by atoms with E-state index in [9.17, 15) is 14.9 Å². The molecule has 0 radical (unpaired) electrons. The summed E-state index contributed by atoms with van der Waals surface area (Å²) in [7, 11) is 0. The fourth-order valence-electron chi connectivity index (χ4n) is 3.34. The Morgan fingerprint density at radius 3 is 2.75 bits per heavy atom. The van der Waals surface area contributed by atoms with Crippen molar-refractivity contribution in [3.63, 3.8) is 0 Å². The summed E-state index contributed by atoms with van der Waals surface area (Å²) >= 11 is 11.9. The summed E-state index contributed by atoms with van der Waals surface area (Å²) < 4.78 is 5.27. The summed E-state index contributed by atoms with van der Waals surface area (Å²) in [5.74, 6) is -0.171. The fourth-order valence-corrected chi connectivity index (χ4v) is 3.80. The van der Waals surface area contributed by atoms with Gasteiger partial charge in [0.05, 0.1) is 10.5 Å². The molecule has 2 aromatic rings. The van der Waals surface area contributed by atoms with Gasteiger partial charge in [0, 0.05) is 34.8 Å². The molecule has 0 N–H and O–H groups in total. The normalized spacial score (nSPS) is 16.7. The Bertz CT molecular complexity index is 904. The zero-order chi connectivity index (χ0) is 20.3. The summed E-state index contributed by atoms with van der Waals surface area (Å²) in [4.78, 5) is 25.5. The first kappa shape index (κ1) is 20.4. The van der Waals surface area contributed by atoms with Crippen LogP contribution in [0, 0.1) is 16.0 Å². The minimum Gasteiger partial charge on any atom is -0.457 e. The molecule has 1 heterocycles. The molecule has 2 aromatic carbocycles. The second-order valence-corrected chi connectivity index (χ2v) is 7.81. The Kier molecular flexibility index (Phi) is 6.42. The highest BCUT2D eigenvalue weighted by Crippen LogP contribution is 2.32. The maximum Gasteiger partial charge on any atom is 0.338 e. The fraction of sp³-hybridized carbons (Fsp3) is 0.350. The van der Waals surface area contributed by atoms with Gasteiger partial charge in [-0.25, -0.2) is 4.79 Å². The molecule has 0 aromatic heterocycles. The van der Waals surface area contributed by atoms with Gasteiger partial charge in [0.2, 0.25) is 0 Å². The molecule has 1 unspecified atom stereocenters. The Morgan fingerprint density at radius 1 is 1.29 bits per heavy atom. The molecule has 8 heteroatoms. The van der Waals surface area contributed by atoms with Crippen molar-refractivity contribution in [1.82, 2.24) is 0 Å². The molecule has 28 heavy (non-hydrogen) atoms. The molecule has 1 saturated heterocycles. The van der Waals surface area contributed by atoms with Gasteiger partial charge in [-0.3, -0.25) is 10.1 Å². The molecule has 0 amide bonds. The van der Waals surface area contributed by atoms with E-state index in [0.717, 1.165) is 25.9 Å². The van der Waals surface area contributed by atoms with Gasteiger partial charge in [-0.1, -0.05) is 36.2 Å². The molecule has 1 atom stereocenters. The second-order valence-electron chi connectivity index (χ2n) is 6.97. The molecule has 1 aliphatic rings. The lowest BCUT2D eigenvalue weighted by molar-refractivity contribution is -0.384. The van der Waals surface area contributed by atoms with E-state index in [0.29, 0.717) is 27.2 Å². The van der Waals surface area contributed by atoms with Crippen LogP contribution in [0.4, 0.5) is 11.4 Å². The molecule has 1 aliphatic heterocycles. The predicted molar refractivity (Wildman–Crippen MR) is 109 cm³/mol. The van der Waals surface area contributed by atoms with Gasteiger partial charge in [0.1, 0.15) is 12.3 Å². The van der Waals surface area contributed by atoms with Gasteiger partial charge < -0.3 is 9.64 Å². The number of nitro groups is 1. The van der Waals surface area contributed by atoms with Crippen LogP contribution >= 0.6 is 23.2 Å². The SMILES string of the molecule is CC1CCCN(c2ccc(C(=O)OCc3ccc(Cl)cc3Cl)cc2[N+](=O)[O-])C1. The molecule has 0 aliphatic carbocycles. The summed E-state index contributed by atoms with van der Waals surface area (Å²) in [6.45, 7) is 3.61. The van der Waals surface area contributed by atoms with Crippen molar-refractivity contribution in [3.8, 4) is 0 Å². The number of ether oxygens (including phenoxy) is 1. The zero-order valence-corrected chi connectivity index (χ0v) is 16.9. The van der Waals surface area contributed by atoms with Crippen molar-refractivity contribution < 1.29 is 14.5 Å². The largest absolute Gasteiger partial charge is 0.457 e. The average Bonchev–Trinajstić information content (AvgIpc) is 2.66. The van der Waals surface area contributed by atoms with Gasteiger partial charge in [-0.15, -0.1) is 0 Å². The maximum atomic E-state index is 12.4. The Labute approximate surface area is 173 Å². The van der Waals surface area contributed by atoms with Gasteiger partial charge in [0.15, 0.2) is 0 Å². The third kappa shape index (κ3) is 4.75. The van der Waals surface area contributed by atoms with Crippen molar-refractivity contribution >= 4 is 40.5 Å². The maximum absolute atomic E-state index is 12.4. The van der Waals surface area contributed by atoms with Crippen LogP contribution in [-0.4, -0.2) is 24.0 Å². The number of carbonyl (C=O) groups excluding carboxylic acids is 1.